The van der Waals surface area contributed by atoms with Crippen molar-refractivity contribution in [3.8, 4) is 0 Å². The average molecular weight is 460 g/mol. The van der Waals surface area contributed by atoms with Gasteiger partial charge in [-0.05, 0) is 26.2 Å². The first kappa shape index (κ1) is 28.5. The predicted molar refractivity (Wildman–Crippen MR) is 113 cm³/mol. The molecule has 0 radical (unpaired) electrons. The second-order valence-corrected chi connectivity index (χ2v) is 6.93. The molecule has 0 aromatic rings. The zero-order valence-corrected chi connectivity index (χ0v) is 17.7. The van der Waals surface area contributed by atoms with E-state index in [1.54, 1.807) is 0 Å². The van der Waals surface area contributed by atoms with Gasteiger partial charge in [0.25, 0.3) is 0 Å². The molecular formula is C17H32N8O7. The standard InChI is InChI=1S/C17H32N8O7/c1-8(16(31)32)23-14(29)10(3-2-6-22-17(20)21)25-15(30)11(4-5-12(19)27)24-13(28)9(18)7-26/h8-11,26H,2-7,18H2,1H3,(H2,19,27)(H,23,29)(H,24,28)(H,25,30)(H,31,32)(H4,20,21,22). The van der Waals surface area contributed by atoms with Crippen molar-refractivity contribution in [2.45, 2.75) is 56.8 Å². The zero-order chi connectivity index (χ0) is 24.8. The molecular weight excluding hydrogens is 428 g/mol. The van der Waals surface area contributed by atoms with Crippen molar-refractivity contribution < 1.29 is 34.2 Å². The van der Waals surface area contributed by atoms with Crippen molar-refractivity contribution in [1.82, 2.24) is 16.0 Å². The molecule has 32 heavy (non-hydrogen) atoms. The fourth-order valence-electron chi connectivity index (χ4n) is 2.34. The van der Waals surface area contributed by atoms with Crippen LogP contribution in [0.15, 0.2) is 4.99 Å². The number of guanidine groups is 1. The number of nitrogens with zero attached hydrogens (tertiary/aromatic N) is 1. The molecule has 15 nitrogen and oxygen atoms in total. The highest BCUT2D eigenvalue weighted by molar-refractivity contribution is 5.94. The summed E-state index contributed by atoms with van der Waals surface area (Å²) in [5.74, 6) is -4.66. The number of carbonyl (C=O) groups excluding carboxylic acids is 4. The molecule has 0 saturated carbocycles. The molecule has 0 heterocycles. The van der Waals surface area contributed by atoms with E-state index in [9.17, 15) is 24.0 Å². The number of aliphatic hydroxyl groups is 1. The summed E-state index contributed by atoms with van der Waals surface area (Å²) in [6.07, 6.45) is -0.165. The molecule has 15 heteroatoms. The van der Waals surface area contributed by atoms with E-state index >= 15 is 0 Å². The van der Waals surface area contributed by atoms with Gasteiger partial charge in [0, 0.05) is 13.0 Å². The van der Waals surface area contributed by atoms with Gasteiger partial charge in [-0.25, -0.2) is 0 Å². The Kier molecular flexibility index (Phi) is 13.0. The highest BCUT2D eigenvalue weighted by atomic mass is 16.4. The second kappa shape index (κ2) is 14.5. The number of aliphatic hydroxyl groups excluding tert-OH is 1. The summed E-state index contributed by atoms with van der Waals surface area (Å²) in [6, 6.07) is -5.03. The summed E-state index contributed by atoms with van der Waals surface area (Å²) in [6.45, 7) is 0.702. The minimum Gasteiger partial charge on any atom is -0.480 e. The quantitative estimate of drug-likeness (QED) is 0.0638. The average Bonchev–Trinajstić information content (AvgIpc) is 2.71. The smallest absolute Gasteiger partial charge is 0.325 e. The highest BCUT2D eigenvalue weighted by Gasteiger charge is 2.29. The lowest BCUT2D eigenvalue weighted by Gasteiger charge is -2.24. The highest BCUT2D eigenvalue weighted by Crippen LogP contribution is 2.04. The monoisotopic (exact) mass is 460 g/mol. The van der Waals surface area contributed by atoms with E-state index in [2.05, 4.69) is 20.9 Å². The third-order valence-electron chi connectivity index (χ3n) is 4.15. The first-order valence-corrected chi connectivity index (χ1v) is 9.73. The Morgan fingerprint density at radius 1 is 0.906 bits per heavy atom. The summed E-state index contributed by atoms with van der Waals surface area (Å²) in [7, 11) is 0. The van der Waals surface area contributed by atoms with Crippen LogP contribution in [0.4, 0.5) is 0 Å². The van der Waals surface area contributed by atoms with Gasteiger partial charge in [0.15, 0.2) is 5.96 Å². The number of nitrogens with two attached hydrogens (primary N) is 4. The van der Waals surface area contributed by atoms with Crippen molar-refractivity contribution in [2.75, 3.05) is 13.2 Å². The number of hydrogen-bond donors (Lipinski definition) is 9. The maximum absolute atomic E-state index is 12.7. The molecule has 0 aliphatic rings. The molecule has 0 aromatic carbocycles. The third-order valence-corrected chi connectivity index (χ3v) is 4.15. The molecule has 0 aliphatic carbocycles. The Balaban J connectivity index is 5.44. The molecule has 0 fully saturated rings. The van der Waals surface area contributed by atoms with Gasteiger partial charge in [0.1, 0.15) is 24.2 Å². The normalized spacial score (nSPS) is 14.2. The number of aliphatic carboxylic acids is 1. The summed E-state index contributed by atoms with van der Waals surface area (Å²) in [5.41, 5.74) is 21.0. The van der Waals surface area contributed by atoms with E-state index < -0.39 is 60.4 Å². The number of hydrogen-bond acceptors (Lipinski definition) is 8. The number of primary amides is 1. The first-order valence-electron chi connectivity index (χ1n) is 9.73. The van der Waals surface area contributed by atoms with Crippen LogP contribution in [-0.4, -0.2) is 83.1 Å². The second-order valence-electron chi connectivity index (χ2n) is 6.93. The van der Waals surface area contributed by atoms with Crippen LogP contribution in [0.3, 0.4) is 0 Å². The van der Waals surface area contributed by atoms with E-state index in [-0.39, 0.29) is 38.2 Å². The molecule has 0 saturated heterocycles. The molecule has 0 bridgehead atoms. The van der Waals surface area contributed by atoms with Crippen LogP contribution in [-0.2, 0) is 24.0 Å². The Bertz CT molecular complexity index is 711. The van der Waals surface area contributed by atoms with Gasteiger partial charge < -0.3 is 49.1 Å². The molecule has 4 amide bonds. The predicted octanol–water partition coefficient (Wildman–Crippen LogP) is -4.82. The summed E-state index contributed by atoms with van der Waals surface area (Å²) >= 11 is 0. The number of carboxylic acid groups (broad SMARTS) is 1. The minimum atomic E-state index is -1.31. The number of carbonyl (C=O) groups is 5. The van der Waals surface area contributed by atoms with E-state index in [4.69, 9.17) is 33.1 Å². The van der Waals surface area contributed by atoms with Crippen LogP contribution in [0.1, 0.15) is 32.6 Å². The van der Waals surface area contributed by atoms with Crippen LogP contribution < -0.4 is 38.9 Å². The Hall–Kier alpha value is -3.46. The van der Waals surface area contributed by atoms with Gasteiger partial charge in [0.2, 0.25) is 23.6 Å². The molecule has 0 rings (SSSR count). The number of amides is 4. The van der Waals surface area contributed by atoms with E-state index in [0.29, 0.717) is 0 Å². The molecule has 4 atom stereocenters. The molecule has 182 valence electrons. The first-order chi connectivity index (χ1) is 14.9. The fraction of sp³-hybridized carbons (Fsp3) is 0.647. The van der Waals surface area contributed by atoms with Crippen molar-refractivity contribution >= 4 is 35.6 Å². The molecule has 0 spiro atoms. The van der Waals surface area contributed by atoms with Crippen LogP contribution in [0.5, 0.6) is 0 Å². The SMILES string of the molecule is CC(NC(=O)C(CCCN=C(N)N)NC(=O)C(CCC(N)=O)NC(=O)C(N)CO)C(=O)O. The largest absolute Gasteiger partial charge is 0.480 e. The lowest BCUT2D eigenvalue weighted by molar-refractivity contribution is -0.141. The molecule has 4 unspecified atom stereocenters. The maximum atomic E-state index is 12.7. The zero-order valence-electron chi connectivity index (χ0n) is 17.7. The summed E-state index contributed by atoms with van der Waals surface area (Å²) < 4.78 is 0. The van der Waals surface area contributed by atoms with Crippen LogP contribution in [0.2, 0.25) is 0 Å². The fourth-order valence-corrected chi connectivity index (χ4v) is 2.34. The van der Waals surface area contributed by atoms with Crippen molar-refractivity contribution in [3.05, 3.63) is 0 Å². The molecule has 13 N–H and O–H groups in total. The van der Waals surface area contributed by atoms with Crippen molar-refractivity contribution in [1.29, 1.82) is 0 Å². The Labute approximate surface area is 184 Å². The summed E-state index contributed by atoms with van der Waals surface area (Å²) in [4.78, 5) is 63.1. The lowest BCUT2D eigenvalue weighted by Crippen LogP contribution is -2.57. The van der Waals surface area contributed by atoms with Gasteiger partial charge in [-0.3, -0.25) is 29.0 Å². The Morgan fingerprint density at radius 3 is 1.94 bits per heavy atom. The summed E-state index contributed by atoms with van der Waals surface area (Å²) in [5, 5.41) is 24.9. The van der Waals surface area contributed by atoms with Gasteiger partial charge in [-0.2, -0.15) is 0 Å². The third kappa shape index (κ3) is 11.7. The minimum absolute atomic E-state index is 0.0351. The van der Waals surface area contributed by atoms with Gasteiger partial charge in [0.05, 0.1) is 6.61 Å². The number of aliphatic imine (C=N–C) groups is 1. The topological polar surface area (TPSA) is 278 Å². The van der Waals surface area contributed by atoms with Crippen molar-refractivity contribution in [2.24, 2.45) is 27.9 Å². The number of carboxylic acids is 1. The van der Waals surface area contributed by atoms with Crippen LogP contribution in [0.25, 0.3) is 0 Å². The van der Waals surface area contributed by atoms with Crippen LogP contribution in [0, 0.1) is 0 Å². The van der Waals surface area contributed by atoms with E-state index in [1.807, 2.05) is 0 Å². The lowest BCUT2D eigenvalue weighted by atomic mass is 10.1. The number of rotatable bonds is 15. The van der Waals surface area contributed by atoms with Gasteiger partial charge in [-0.1, -0.05) is 0 Å². The van der Waals surface area contributed by atoms with E-state index in [0.717, 1.165) is 0 Å². The van der Waals surface area contributed by atoms with Crippen molar-refractivity contribution in [3.63, 3.8) is 0 Å². The molecule has 0 aliphatic heterocycles. The van der Waals surface area contributed by atoms with Gasteiger partial charge >= 0.3 is 5.97 Å². The van der Waals surface area contributed by atoms with Gasteiger partial charge in [-0.15, -0.1) is 0 Å². The number of nitrogens with one attached hydrogen (secondary N) is 3. The van der Waals surface area contributed by atoms with Crippen LogP contribution >= 0.6 is 0 Å². The maximum Gasteiger partial charge on any atom is 0.325 e. The Morgan fingerprint density at radius 2 is 1.44 bits per heavy atom. The van der Waals surface area contributed by atoms with E-state index in [1.165, 1.54) is 6.92 Å². The molecule has 0 aromatic heterocycles.